The van der Waals surface area contributed by atoms with E-state index in [2.05, 4.69) is 0 Å². The Bertz CT molecular complexity index is 168. The molecule has 0 aliphatic heterocycles. The molecule has 0 radical (unpaired) electrons. The molecule has 0 unspecified atom stereocenters. The van der Waals surface area contributed by atoms with Crippen molar-refractivity contribution < 1.29 is 9.90 Å². The molecule has 70 valence electrons. The van der Waals surface area contributed by atoms with Crippen LogP contribution in [0.3, 0.4) is 0 Å². The van der Waals surface area contributed by atoms with Crippen molar-refractivity contribution in [3.63, 3.8) is 0 Å². The van der Waals surface area contributed by atoms with Crippen LogP contribution >= 0.6 is 0 Å². The predicted molar refractivity (Wildman–Crippen MR) is 47.5 cm³/mol. The molecule has 4 N–H and O–H groups in total. The van der Waals surface area contributed by atoms with Crippen LogP contribution in [-0.4, -0.2) is 22.8 Å². The van der Waals surface area contributed by atoms with Gasteiger partial charge in [0, 0.05) is 5.71 Å². The Morgan fingerprint density at radius 1 is 1.58 bits per heavy atom. The quantitative estimate of drug-likeness (QED) is 0.412. The smallest absolute Gasteiger partial charge is 0.320 e. The molecule has 0 amide bonds. The van der Waals surface area contributed by atoms with Crippen molar-refractivity contribution >= 4 is 11.7 Å². The molecule has 0 saturated carbocycles. The van der Waals surface area contributed by atoms with Gasteiger partial charge in [0.15, 0.2) is 0 Å². The maximum absolute atomic E-state index is 10.3. The molecule has 1 atom stereocenters. The lowest BCUT2D eigenvalue weighted by Crippen LogP contribution is -2.29. The largest absolute Gasteiger partial charge is 0.480 e. The number of aliphatic carboxylic acids is 1. The Balaban J connectivity index is 3.31. The number of nitrogens with two attached hydrogens (primary N) is 1. The van der Waals surface area contributed by atoms with E-state index < -0.39 is 12.0 Å². The minimum Gasteiger partial charge on any atom is -0.480 e. The van der Waals surface area contributed by atoms with Crippen molar-refractivity contribution in [2.75, 3.05) is 0 Å². The first-order chi connectivity index (χ1) is 5.54. The zero-order valence-corrected chi connectivity index (χ0v) is 7.34. The first-order valence-corrected chi connectivity index (χ1v) is 4.06. The van der Waals surface area contributed by atoms with Crippen LogP contribution in [0.4, 0.5) is 0 Å². The SMILES string of the molecule is CC(=N)CCCC[C@@H](N)C(=O)O. The van der Waals surface area contributed by atoms with Crippen LogP contribution in [0.2, 0.25) is 0 Å². The van der Waals surface area contributed by atoms with Gasteiger partial charge in [0.25, 0.3) is 0 Å². The lowest BCUT2D eigenvalue weighted by molar-refractivity contribution is -0.138. The third-order valence-corrected chi connectivity index (χ3v) is 1.63. The van der Waals surface area contributed by atoms with Crippen LogP contribution in [0, 0.1) is 5.41 Å². The topological polar surface area (TPSA) is 87.2 Å². The van der Waals surface area contributed by atoms with Crippen molar-refractivity contribution in [3.05, 3.63) is 0 Å². The molecule has 0 aromatic carbocycles. The summed E-state index contributed by atoms with van der Waals surface area (Å²) in [6.07, 6.45) is 2.88. The van der Waals surface area contributed by atoms with E-state index in [1.54, 1.807) is 6.92 Å². The summed E-state index contributed by atoms with van der Waals surface area (Å²) in [7, 11) is 0. The first kappa shape index (κ1) is 11.1. The van der Waals surface area contributed by atoms with E-state index in [0.29, 0.717) is 12.1 Å². The second-order valence-corrected chi connectivity index (χ2v) is 2.97. The van der Waals surface area contributed by atoms with Crippen LogP contribution in [0.15, 0.2) is 0 Å². The fraction of sp³-hybridized carbons (Fsp3) is 0.750. The van der Waals surface area contributed by atoms with Gasteiger partial charge in [-0.2, -0.15) is 0 Å². The van der Waals surface area contributed by atoms with Crippen LogP contribution in [-0.2, 0) is 4.79 Å². The van der Waals surface area contributed by atoms with Crippen molar-refractivity contribution in [1.82, 2.24) is 0 Å². The molecule has 0 spiro atoms. The Labute approximate surface area is 72.3 Å². The lowest BCUT2D eigenvalue weighted by atomic mass is 10.1. The molecule has 0 bridgehead atoms. The number of unbranched alkanes of at least 4 members (excludes halogenated alkanes) is 1. The molecule has 0 saturated heterocycles. The molecule has 0 rings (SSSR count). The second-order valence-electron chi connectivity index (χ2n) is 2.97. The van der Waals surface area contributed by atoms with Gasteiger partial charge in [-0.15, -0.1) is 0 Å². The number of nitrogens with one attached hydrogen (secondary N) is 1. The molecule has 0 aromatic rings. The Kier molecular flexibility index (Phi) is 5.28. The molecule has 0 heterocycles. The van der Waals surface area contributed by atoms with Crippen LogP contribution in [0.25, 0.3) is 0 Å². The van der Waals surface area contributed by atoms with E-state index >= 15 is 0 Å². The summed E-state index contributed by atoms with van der Waals surface area (Å²) in [5.74, 6) is -0.943. The number of hydrogen-bond donors (Lipinski definition) is 3. The van der Waals surface area contributed by atoms with Crippen molar-refractivity contribution in [2.24, 2.45) is 5.73 Å². The van der Waals surface area contributed by atoms with Gasteiger partial charge in [-0.05, 0) is 26.2 Å². The summed E-state index contributed by atoms with van der Waals surface area (Å²) in [5, 5.41) is 15.5. The summed E-state index contributed by atoms with van der Waals surface area (Å²) < 4.78 is 0. The highest BCUT2D eigenvalue weighted by Gasteiger charge is 2.09. The van der Waals surface area contributed by atoms with Crippen molar-refractivity contribution in [3.8, 4) is 0 Å². The minimum atomic E-state index is -0.943. The number of rotatable bonds is 6. The number of hydrogen-bond acceptors (Lipinski definition) is 3. The first-order valence-electron chi connectivity index (χ1n) is 4.06. The van der Waals surface area contributed by atoms with Gasteiger partial charge in [0.1, 0.15) is 6.04 Å². The number of carboxylic acid groups (broad SMARTS) is 1. The molecule has 0 fully saturated rings. The van der Waals surface area contributed by atoms with E-state index in [0.717, 1.165) is 19.3 Å². The average molecular weight is 172 g/mol. The Morgan fingerprint density at radius 3 is 2.58 bits per heavy atom. The van der Waals surface area contributed by atoms with Gasteiger partial charge in [-0.3, -0.25) is 4.79 Å². The monoisotopic (exact) mass is 172 g/mol. The Hall–Kier alpha value is -0.900. The van der Waals surface area contributed by atoms with Crippen molar-refractivity contribution in [2.45, 2.75) is 38.6 Å². The highest BCUT2D eigenvalue weighted by molar-refractivity contribution is 5.78. The number of carbonyl (C=O) groups is 1. The normalized spacial score (nSPS) is 12.5. The van der Waals surface area contributed by atoms with Gasteiger partial charge >= 0.3 is 5.97 Å². The van der Waals surface area contributed by atoms with Gasteiger partial charge in [-0.1, -0.05) is 6.42 Å². The average Bonchev–Trinajstić information content (AvgIpc) is 1.97. The highest BCUT2D eigenvalue weighted by Crippen LogP contribution is 2.02. The molecule has 12 heavy (non-hydrogen) atoms. The summed E-state index contributed by atoms with van der Waals surface area (Å²) in [6.45, 7) is 1.75. The van der Waals surface area contributed by atoms with Crippen LogP contribution in [0.5, 0.6) is 0 Å². The summed E-state index contributed by atoms with van der Waals surface area (Å²) >= 11 is 0. The van der Waals surface area contributed by atoms with Gasteiger partial charge in [0.05, 0.1) is 0 Å². The molecule has 0 aliphatic rings. The Morgan fingerprint density at radius 2 is 2.17 bits per heavy atom. The third-order valence-electron chi connectivity index (χ3n) is 1.63. The van der Waals surface area contributed by atoms with E-state index in [-0.39, 0.29) is 0 Å². The highest BCUT2D eigenvalue weighted by atomic mass is 16.4. The van der Waals surface area contributed by atoms with E-state index in [1.807, 2.05) is 0 Å². The zero-order chi connectivity index (χ0) is 9.56. The molecular weight excluding hydrogens is 156 g/mol. The standard InChI is InChI=1S/C8H16N2O2/c1-6(9)4-2-3-5-7(10)8(11)12/h7,9H,2-5,10H2,1H3,(H,11,12)/t7-/m1/s1. The second kappa shape index (κ2) is 5.71. The minimum absolute atomic E-state index is 0.503. The van der Waals surface area contributed by atoms with E-state index in [1.165, 1.54) is 0 Å². The zero-order valence-electron chi connectivity index (χ0n) is 7.34. The molecular formula is C8H16N2O2. The number of carboxylic acids is 1. The molecule has 0 aromatic heterocycles. The maximum Gasteiger partial charge on any atom is 0.320 e. The lowest BCUT2D eigenvalue weighted by Gasteiger charge is -2.04. The summed E-state index contributed by atoms with van der Waals surface area (Å²) in [4.78, 5) is 10.3. The van der Waals surface area contributed by atoms with E-state index in [4.69, 9.17) is 16.2 Å². The maximum atomic E-state index is 10.3. The third kappa shape index (κ3) is 5.85. The summed E-state index contributed by atoms with van der Waals surface area (Å²) in [5.41, 5.74) is 5.92. The fourth-order valence-electron chi connectivity index (χ4n) is 0.878. The predicted octanol–water partition coefficient (Wildman–Crippen LogP) is 0.998. The van der Waals surface area contributed by atoms with Gasteiger partial charge in [0.2, 0.25) is 0 Å². The molecule has 0 aliphatic carbocycles. The van der Waals surface area contributed by atoms with Gasteiger partial charge in [-0.25, -0.2) is 0 Å². The van der Waals surface area contributed by atoms with Crippen molar-refractivity contribution in [1.29, 1.82) is 5.41 Å². The summed E-state index contributed by atoms with van der Waals surface area (Å²) in [6, 6.07) is -0.740. The van der Waals surface area contributed by atoms with Gasteiger partial charge < -0.3 is 16.2 Å². The van der Waals surface area contributed by atoms with Crippen LogP contribution in [0.1, 0.15) is 32.6 Å². The van der Waals surface area contributed by atoms with Crippen LogP contribution < -0.4 is 5.73 Å². The fourth-order valence-corrected chi connectivity index (χ4v) is 0.878. The molecule has 4 heteroatoms. The molecule has 4 nitrogen and oxygen atoms in total. The van der Waals surface area contributed by atoms with E-state index in [9.17, 15) is 4.79 Å².